The van der Waals surface area contributed by atoms with Crippen molar-refractivity contribution in [2.24, 2.45) is 11.3 Å². The van der Waals surface area contributed by atoms with E-state index in [9.17, 15) is 9.36 Å². The number of hydrogen-bond acceptors (Lipinski definition) is 6. The fraction of sp³-hybridized carbons (Fsp3) is 0.593. The first-order valence-corrected chi connectivity index (χ1v) is 14.2. The van der Waals surface area contributed by atoms with Crippen molar-refractivity contribution in [2.45, 2.75) is 79.1 Å². The lowest BCUT2D eigenvalue weighted by atomic mass is 9.74. The topological polar surface area (TPSA) is 71.1 Å². The summed E-state index contributed by atoms with van der Waals surface area (Å²) in [4.78, 5) is 12.0. The van der Waals surface area contributed by atoms with Crippen LogP contribution in [0, 0.1) is 11.3 Å². The Morgan fingerprint density at radius 2 is 2.00 bits per heavy atom. The van der Waals surface area contributed by atoms with Crippen LogP contribution >= 0.6 is 7.60 Å². The molecule has 3 rings (SSSR count). The van der Waals surface area contributed by atoms with Gasteiger partial charge in [0.15, 0.2) is 0 Å². The zero-order valence-corrected chi connectivity index (χ0v) is 22.3. The number of allylic oxidation sites excluding steroid dienone is 3. The molecule has 1 aliphatic heterocycles. The van der Waals surface area contributed by atoms with Crippen LogP contribution in [-0.4, -0.2) is 19.4 Å². The van der Waals surface area contributed by atoms with Gasteiger partial charge < -0.3 is 14.0 Å². The highest BCUT2D eigenvalue weighted by Crippen LogP contribution is 2.55. The lowest BCUT2D eigenvalue weighted by molar-refractivity contribution is -0.159. The van der Waals surface area contributed by atoms with Gasteiger partial charge in [0, 0.05) is 17.4 Å². The van der Waals surface area contributed by atoms with Crippen molar-refractivity contribution in [1.29, 1.82) is 0 Å². The number of carbonyl (C=O) groups excluding carboxylic acids is 1. The molecule has 1 aliphatic carbocycles. The summed E-state index contributed by atoms with van der Waals surface area (Å²) in [6.45, 7) is 14.7. The Morgan fingerprint density at radius 3 is 2.68 bits per heavy atom. The molecule has 6 nitrogen and oxygen atoms in total. The summed E-state index contributed by atoms with van der Waals surface area (Å²) in [7, 11) is -3.57. The molecule has 1 aromatic carbocycles. The van der Waals surface area contributed by atoms with Crippen molar-refractivity contribution in [1.82, 2.24) is 0 Å². The van der Waals surface area contributed by atoms with Gasteiger partial charge in [0.1, 0.15) is 17.3 Å². The second-order valence-corrected chi connectivity index (χ2v) is 12.5. The van der Waals surface area contributed by atoms with Crippen LogP contribution in [-0.2, 0) is 25.0 Å². The van der Waals surface area contributed by atoms with Crippen molar-refractivity contribution < 1.29 is 27.9 Å². The van der Waals surface area contributed by atoms with Gasteiger partial charge in [0.25, 0.3) is 0 Å². The number of ether oxygens (including phenoxy) is 2. The molecule has 0 radical (unpaired) electrons. The van der Waals surface area contributed by atoms with E-state index in [-0.39, 0.29) is 11.8 Å². The number of aryl methyl sites for hydroxylation is 1. The Balaban J connectivity index is 1.90. The standard InChI is InChI=1S/C27H39O6P/c1-8-9-10-11-20-15-23-25(22-14-18(2)12-13-21(22)19(3)32-23)24(16-20)33-34(7,29)31-17-30-26(28)27(4,5)6/h14-16,21-22H,3,8-13,17H2,1-2,4-7H3. The maximum atomic E-state index is 13.3. The molecule has 0 bridgehead atoms. The monoisotopic (exact) mass is 490 g/mol. The minimum Gasteiger partial charge on any atom is -0.462 e. The van der Waals surface area contributed by atoms with Crippen LogP contribution < -0.4 is 9.26 Å². The zero-order chi connectivity index (χ0) is 25.1. The molecule has 3 unspecified atom stereocenters. The minimum absolute atomic E-state index is 0.0448. The van der Waals surface area contributed by atoms with Gasteiger partial charge in [-0.1, -0.05) is 38.0 Å². The SMILES string of the molecule is C=C1Oc2cc(CCCCC)cc(OP(C)(=O)OCOC(=O)C(C)(C)C)c2C2C=C(C)CCC12. The van der Waals surface area contributed by atoms with Crippen molar-refractivity contribution in [3.05, 3.63) is 47.2 Å². The van der Waals surface area contributed by atoms with Crippen LogP contribution in [0.1, 0.15) is 83.8 Å². The van der Waals surface area contributed by atoms with Crippen molar-refractivity contribution >= 4 is 13.6 Å². The van der Waals surface area contributed by atoms with Gasteiger partial charge in [-0.15, -0.1) is 0 Å². The predicted octanol–water partition coefficient (Wildman–Crippen LogP) is 7.53. The number of rotatable bonds is 9. The first-order chi connectivity index (χ1) is 15.9. The average molecular weight is 491 g/mol. The van der Waals surface area contributed by atoms with Crippen molar-refractivity contribution in [3.63, 3.8) is 0 Å². The summed E-state index contributed by atoms with van der Waals surface area (Å²) < 4.78 is 36.0. The molecule has 0 spiro atoms. The summed E-state index contributed by atoms with van der Waals surface area (Å²) in [5.41, 5.74) is 2.58. The van der Waals surface area contributed by atoms with Gasteiger partial charge in [0.05, 0.1) is 12.1 Å². The third-order valence-corrected chi connectivity index (χ3v) is 7.42. The van der Waals surface area contributed by atoms with Crippen LogP contribution in [0.3, 0.4) is 0 Å². The number of unbranched alkanes of at least 4 members (excludes halogenated alkanes) is 2. The van der Waals surface area contributed by atoms with E-state index >= 15 is 0 Å². The third-order valence-electron chi connectivity index (χ3n) is 6.32. The number of carbonyl (C=O) groups is 1. The van der Waals surface area contributed by atoms with Gasteiger partial charge >= 0.3 is 13.6 Å². The number of hydrogen-bond donors (Lipinski definition) is 0. The highest BCUT2D eigenvalue weighted by Gasteiger charge is 2.38. The summed E-state index contributed by atoms with van der Waals surface area (Å²) in [5, 5.41) is 0. The maximum Gasteiger partial charge on any atom is 0.379 e. The smallest absolute Gasteiger partial charge is 0.379 e. The molecule has 0 N–H and O–H groups in total. The largest absolute Gasteiger partial charge is 0.462 e. The minimum atomic E-state index is -3.57. The van der Waals surface area contributed by atoms with Crippen LogP contribution in [0.25, 0.3) is 0 Å². The van der Waals surface area contributed by atoms with E-state index in [0.717, 1.165) is 55.4 Å². The molecule has 0 aromatic heterocycles. The van der Waals surface area contributed by atoms with E-state index in [1.165, 1.54) is 12.2 Å². The molecule has 0 saturated heterocycles. The van der Waals surface area contributed by atoms with Crippen molar-refractivity contribution in [2.75, 3.05) is 13.5 Å². The fourth-order valence-corrected chi connectivity index (χ4v) is 5.20. The average Bonchev–Trinajstić information content (AvgIpc) is 2.72. The molecule has 0 amide bonds. The molecule has 1 heterocycles. The molecule has 1 aromatic rings. The quantitative estimate of drug-likeness (QED) is 0.117. The van der Waals surface area contributed by atoms with E-state index in [1.54, 1.807) is 20.8 Å². The molecular formula is C27H39O6P. The van der Waals surface area contributed by atoms with Gasteiger partial charge in [-0.25, -0.2) is 4.57 Å². The van der Waals surface area contributed by atoms with Crippen LogP contribution in [0.2, 0.25) is 0 Å². The normalized spacial score (nSPS) is 21.5. The summed E-state index contributed by atoms with van der Waals surface area (Å²) >= 11 is 0. The van der Waals surface area contributed by atoms with Crippen molar-refractivity contribution in [3.8, 4) is 11.5 Å². The summed E-state index contributed by atoms with van der Waals surface area (Å²) in [6, 6.07) is 4.02. The predicted molar refractivity (Wildman–Crippen MR) is 134 cm³/mol. The van der Waals surface area contributed by atoms with E-state index < -0.39 is 25.8 Å². The first-order valence-electron chi connectivity index (χ1n) is 12.2. The van der Waals surface area contributed by atoms with E-state index in [2.05, 4.69) is 32.6 Å². The second-order valence-electron chi connectivity index (χ2n) is 10.5. The molecule has 7 heteroatoms. The Bertz CT molecular complexity index is 1000. The van der Waals surface area contributed by atoms with Gasteiger partial charge in [0.2, 0.25) is 6.79 Å². The molecule has 0 fully saturated rings. The lowest BCUT2D eigenvalue weighted by Gasteiger charge is -2.37. The Kier molecular flexibility index (Phi) is 8.36. The number of esters is 1. The number of fused-ring (bicyclic) bond motifs is 3. The second kappa shape index (κ2) is 10.7. The van der Waals surface area contributed by atoms with E-state index in [0.29, 0.717) is 11.5 Å². The molecule has 2 aliphatic rings. The Labute approximate surface area is 204 Å². The first kappa shape index (κ1) is 26.6. The molecule has 188 valence electrons. The van der Waals surface area contributed by atoms with Gasteiger partial charge in [-0.3, -0.25) is 9.32 Å². The fourth-order valence-electron chi connectivity index (χ4n) is 4.40. The Hall–Kier alpha value is -2.04. The van der Waals surface area contributed by atoms with Gasteiger partial charge in [-0.05, 0) is 71.1 Å². The van der Waals surface area contributed by atoms with Crippen LogP contribution in [0.4, 0.5) is 0 Å². The summed E-state index contributed by atoms with van der Waals surface area (Å²) in [5.74, 6) is 1.74. The van der Waals surface area contributed by atoms with E-state index in [1.807, 2.05) is 6.07 Å². The molecular weight excluding hydrogens is 451 g/mol. The van der Waals surface area contributed by atoms with Gasteiger partial charge in [-0.2, -0.15) is 0 Å². The molecule has 0 saturated carbocycles. The maximum absolute atomic E-state index is 13.3. The third kappa shape index (κ3) is 6.55. The van der Waals surface area contributed by atoms with Crippen LogP contribution in [0.5, 0.6) is 11.5 Å². The van der Waals surface area contributed by atoms with E-state index in [4.69, 9.17) is 18.5 Å². The molecule has 34 heavy (non-hydrogen) atoms. The lowest BCUT2D eigenvalue weighted by Crippen LogP contribution is -2.26. The van der Waals surface area contributed by atoms with Crippen LogP contribution in [0.15, 0.2) is 36.1 Å². The molecule has 3 atom stereocenters. The highest BCUT2D eigenvalue weighted by molar-refractivity contribution is 7.53. The zero-order valence-electron chi connectivity index (χ0n) is 21.4. The highest BCUT2D eigenvalue weighted by atomic mass is 31.2. The summed E-state index contributed by atoms with van der Waals surface area (Å²) in [6.07, 6.45) is 8.36. The number of benzene rings is 1. The Morgan fingerprint density at radius 1 is 1.26 bits per heavy atom.